The summed E-state index contributed by atoms with van der Waals surface area (Å²) in [6, 6.07) is 4.94. The number of aromatic hydroxyl groups is 1. The lowest BCUT2D eigenvalue weighted by Crippen LogP contribution is -2.17. The lowest BCUT2D eigenvalue weighted by atomic mass is 10.2. The molecule has 0 fully saturated rings. The largest absolute Gasteiger partial charge is 0.504 e. The standard InChI is InChI=1S/C15H13Br2N3O3/c1-2-23-13-5-11(16)3-9(14(13)21)7-19-20-15(22)10-4-12(17)8-18-6-10/h3-8,21H,2H2,1H3,(H,20,22). The van der Waals surface area contributed by atoms with E-state index in [4.69, 9.17) is 4.74 Å². The summed E-state index contributed by atoms with van der Waals surface area (Å²) in [7, 11) is 0. The van der Waals surface area contributed by atoms with E-state index < -0.39 is 5.91 Å². The average Bonchev–Trinajstić information content (AvgIpc) is 2.51. The predicted molar refractivity (Wildman–Crippen MR) is 94.0 cm³/mol. The maximum Gasteiger partial charge on any atom is 0.272 e. The lowest BCUT2D eigenvalue weighted by molar-refractivity contribution is 0.0954. The van der Waals surface area contributed by atoms with Gasteiger partial charge in [0.2, 0.25) is 0 Å². The number of hydrogen-bond donors (Lipinski definition) is 2. The smallest absolute Gasteiger partial charge is 0.272 e. The van der Waals surface area contributed by atoms with Crippen LogP contribution in [0.1, 0.15) is 22.8 Å². The maximum absolute atomic E-state index is 11.9. The first-order valence-electron chi connectivity index (χ1n) is 6.60. The Bertz CT molecular complexity index is 751. The second-order valence-electron chi connectivity index (χ2n) is 4.37. The van der Waals surface area contributed by atoms with Crippen LogP contribution in [0.3, 0.4) is 0 Å². The molecule has 1 heterocycles. The highest BCUT2D eigenvalue weighted by Crippen LogP contribution is 2.32. The average molecular weight is 443 g/mol. The molecule has 0 spiro atoms. The van der Waals surface area contributed by atoms with Gasteiger partial charge in [-0.05, 0) is 41.1 Å². The molecule has 0 saturated heterocycles. The SMILES string of the molecule is CCOc1cc(Br)cc(C=NNC(=O)c2cncc(Br)c2)c1O. The summed E-state index contributed by atoms with van der Waals surface area (Å²) in [5.41, 5.74) is 3.15. The van der Waals surface area contributed by atoms with E-state index in [2.05, 4.69) is 47.4 Å². The number of benzene rings is 1. The van der Waals surface area contributed by atoms with Crippen molar-refractivity contribution in [1.29, 1.82) is 0 Å². The minimum atomic E-state index is -0.408. The maximum atomic E-state index is 11.9. The van der Waals surface area contributed by atoms with Crippen molar-refractivity contribution in [2.45, 2.75) is 6.92 Å². The van der Waals surface area contributed by atoms with Crippen molar-refractivity contribution in [2.75, 3.05) is 6.61 Å². The zero-order valence-electron chi connectivity index (χ0n) is 12.1. The number of phenolic OH excluding ortho intramolecular Hbond substituents is 1. The molecular formula is C15H13Br2N3O3. The molecule has 0 aliphatic rings. The van der Waals surface area contributed by atoms with Crippen LogP contribution in [0, 0.1) is 0 Å². The van der Waals surface area contributed by atoms with E-state index in [0.717, 1.165) is 4.47 Å². The van der Waals surface area contributed by atoms with Crippen LogP contribution in [-0.4, -0.2) is 28.8 Å². The van der Waals surface area contributed by atoms with E-state index in [0.29, 0.717) is 28.0 Å². The number of hydrazone groups is 1. The van der Waals surface area contributed by atoms with Crippen LogP contribution in [0.15, 0.2) is 44.6 Å². The first-order chi connectivity index (χ1) is 11.0. The van der Waals surface area contributed by atoms with Crippen molar-refractivity contribution in [3.8, 4) is 11.5 Å². The summed E-state index contributed by atoms with van der Waals surface area (Å²) in [6.45, 7) is 2.24. The highest BCUT2D eigenvalue weighted by Gasteiger charge is 2.09. The number of amides is 1. The fourth-order valence-corrected chi connectivity index (χ4v) is 2.54. The van der Waals surface area contributed by atoms with E-state index in [9.17, 15) is 9.90 Å². The van der Waals surface area contributed by atoms with E-state index in [1.165, 1.54) is 12.4 Å². The van der Waals surface area contributed by atoms with Crippen LogP contribution in [0.2, 0.25) is 0 Å². The minimum Gasteiger partial charge on any atom is -0.504 e. The number of phenols is 1. The van der Waals surface area contributed by atoms with Gasteiger partial charge < -0.3 is 9.84 Å². The van der Waals surface area contributed by atoms with Gasteiger partial charge in [-0.1, -0.05) is 15.9 Å². The zero-order chi connectivity index (χ0) is 16.8. The number of hydrogen-bond acceptors (Lipinski definition) is 5. The Hall–Kier alpha value is -1.93. The Morgan fingerprint density at radius 2 is 2.13 bits per heavy atom. The number of carbonyl (C=O) groups is 1. The molecule has 120 valence electrons. The van der Waals surface area contributed by atoms with Gasteiger partial charge in [-0.25, -0.2) is 5.43 Å². The molecule has 8 heteroatoms. The Morgan fingerprint density at radius 1 is 1.35 bits per heavy atom. The Morgan fingerprint density at radius 3 is 2.83 bits per heavy atom. The molecule has 0 saturated carbocycles. The zero-order valence-corrected chi connectivity index (χ0v) is 15.3. The number of ether oxygens (including phenoxy) is 1. The monoisotopic (exact) mass is 441 g/mol. The summed E-state index contributed by atoms with van der Waals surface area (Å²) in [4.78, 5) is 15.8. The molecule has 2 N–H and O–H groups in total. The number of pyridine rings is 1. The van der Waals surface area contributed by atoms with Gasteiger partial charge in [-0.15, -0.1) is 0 Å². The second kappa shape index (κ2) is 8.07. The molecule has 1 amide bonds. The first kappa shape index (κ1) is 17.4. The molecule has 2 rings (SSSR count). The van der Waals surface area contributed by atoms with Crippen LogP contribution in [-0.2, 0) is 0 Å². The van der Waals surface area contributed by atoms with Crippen molar-refractivity contribution in [3.63, 3.8) is 0 Å². The van der Waals surface area contributed by atoms with Gasteiger partial charge in [0.25, 0.3) is 5.91 Å². The Kier molecular flexibility index (Phi) is 6.12. The highest BCUT2D eigenvalue weighted by atomic mass is 79.9. The molecule has 6 nitrogen and oxygen atoms in total. The Labute approximate surface area is 149 Å². The minimum absolute atomic E-state index is 0.0443. The summed E-state index contributed by atoms with van der Waals surface area (Å²) in [5.74, 6) is -0.113. The Balaban J connectivity index is 2.13. The third kappa shape index (κ3) is 4.77. The molecule has 1 aromatic heterocycles. The van der Waals surface area contributed by atoms with Gasteiger partial charge in [0.15, 0.2) is 11.5 Å². The number of nitrogens with zero attached hydrogens (tertiary/aromatic N) is 2. The van der Waals surface area contributed by atoms with Gasteiger partial charge >= 0.3 is 0 Å². The number of carbonyl (C=O) groups excluding carboxylic acids is 1. The van der Waals surface area contributed by atoms with Gasteiger partial charge in [-0.2, -0.15) is 5.10 Å². The molecule has 0 aliphatic carbocycles. The van der Waals surface area contributed by atoms with Crippen LogP contribution in [0.5, 0.6) is 11.5 Å². The van der Waals surface area contributed by atoms with Crippen molar-refractivity contribution in [2.24, 2.45) is 5.10 Å². The summed E-state index contributed by atoms with van der Waals surface area (Å²) in [6.07, 6.45) is 4.35. The molecule has 0 atom stereocenters. The van der Waals surface area contributed by atoms with Gasteiger partial charge in [-0.3, -0.25) is 9.78 Å². The lowest BCUT2D eigenvalue weighted by Gasteiger charge is -2.08. The van der Waals surface area contributed by atoms with Crippen molar-refractivity contribution < 1.29 is 14.6 Å². The van der Waals surface area contributed by atoms with Crippen LogP contribution >= 0.6 is 31.9 Å². The van der Waals surface area contributed by atoms with E-state index in [1.54, 1.807) is 24.4 Å². The molecule has 0 unspecified atom stereocenters. The van der Waals surface area contributed by atoms with Crippen LogP contribution in [0.25, 0.3) is 0 Å². The molecule has 0 aliphatic heterocycles. The third-order valence-corrected chi connectivity index (χ3v) is 3.60. The summed E-state index contributed by atoms with van der Waals surface area (Å²) >= 11 is 6.57. The van der Waals surface area contributed by atoms with Gasteiger partial charge in [0.1, 0.15) is 0 Å². The van der Waals surface area contributed by atoms with Crippen LogP contribution < -0.4 is 10.2 Å². The predicted octanol–water partition coefficient (Wildman–Crippen LogP) is 3.47. The fraction of sp³-hybridized carbons (Fsp3) is 0.133. The van der Waals surface area contributed by atoms with Crippen molar-refractivity contribution in [1.82, 2.24) is 10.4 Å². The van der Waals surface area contributed by atoms with E-state index in [-0.39, 0.29) is 5.75 Å². The van der Waals surface area contributed by atoms with Gasteiger partial charge in [0, 0.05) is 26.9 Å². The molecule has 1 aromatic carbocycles. The highest BCUT2D eigenvalue weighted by molar-refractivity contribution is 9.10. The number of aromatic nitrogens is 1. The molecule has 23 heavy (non-hydrogen) atoms. The van der Waals surface area contributed by atoms with Crippen molar-refractivity contribution in [3.05, 3.63) is 50.7 Å². The quantitative estimate of drug-likeness (QED) is 0.548. The molecular weight excluding hydrogens is 430 g/mol. The summed E-state index contributed by atoms with van der Waals surface area (Å²) < 4.78 is 6.74. The number of halogens is 2. The van der Waals surface area contributed by atoms with E-state index >= 15 is 0 Å². The number of nitrogens with one attached hydrogen (secondary N) is 1. The summed E-state index contributed by atoms with van der Waals surface area (Å²) in [5, 5.41) is 13.9. The second-order valence-corrected chi connectivity index (χ2v) is 6.20. The first-order valence-corrected chi connectivity index (χ1v) is 8.19. The third-order valence-electron chi connectivity index (χ3n) is 2.71. The number of rotatable bonds is 5. The fourth-order valence-electron chi connectivity index (χ4n) is 1.72. The normalized spacial score (nSPS) is 10.7. The molecule has 2 aromatic rings. The molecule has 0 radical (unpaired) electrons. The van der Waals surface area contributed by atoms with Crippen LogP contribution in [0.4, 0.5) is 0 Å². The molecule has 0 bridgehead atoms. The van der Waals surface area contributed by atoms with Crippen molar-refractivity contribution >= 4 is 44.0 Å². The van der Waals surface area contributed by atoms with Gasteiger partial charge in [0.05, 0.1) is 18.4 Å². The van der Waals surface area contributed by atoms with E-state index in [1.807, 2.05) is 6.92 Å². The topological polar surface area (TPSA) is 83.8 Å².